The molecule has 1 aromatic heterocycles. The maximum Gasteiger partial charge on any atom is 0.270 e. The van der Waals surface area contributed by atoms with Crippen molar-refractivity contribution in [2.75, 3.05) is 13.1 Å². The van der Waals surface area contributed by atoms with Crippen LogP contribution >= 0.6 is 15.9 Å². The topological polar surface area (TPSA) is 51.3 Å². The zero-order chi connectivity index (χ0) is 16.1. The van der Waals surface area contributed by atoms with Gasteiger partial charge in [-0.3, -0.25) is 4.79 Å². The summed E-state index contributed by atoms with van der Waals surface area (Å²) in [5, 5.41) is 0. The summed E-state index contributed by atoms with van der Waals surface area (Å²) in [5.74, 6) is 0.00806. The number of nitrogens with two attached hydrogens (primary N) is 1. The molecule has 0 aliphatic rings. The second-order valence-corrected chi connectivity index (χ2v) is 6.46. The molecule has 2 rings (SSSR count). The van der Waals surface area contributed by atoms with Gasteiger partial charge in [0.1, 0.15) is 5.69 Å². The molecule has 2 aromatic rings. The zero-order valence-electron chi connectivity index (χ0n) is 13.0. The molecule has 0 spiro atoms. The maximum absolute atomic E-state index is 12.9. The summed E-state index contributed by atoms with van der Waals surface area (Å²) < 4.78 is 2.90. The minimum atomic E-state index is 0.00806. The largest absolute Gasteiger partial charge is 0.340 e. The van der Waals surface area contributed by atoms with Crippen molar-refractivity contribution in [1.82, 2.24) is 9.47 Å². The molecule has 5 heteroatoms. The molecule has 118 valence electrons. The van der Waals surface area contributed by atoms with Crippen LogP contribution < -0.4 is 5.73 Å². The Kier molecular flexibility index (Phi) is 5.80. The van der Waals surface area contributed by atoms with E-state index in [2.05, 4.69) is 29.8 Å². The predicted octanol–water partition coefficient (Wildman–Crippen LogP) is 3.43. The molecule has 0 radical (unpaired) electrons. The molecule has 0 unspecified atom stereocenters. The average Bonchev–Trinajstić information content (AvgIpc) is 2.89. The third-order valence-electron chi connectivity index (χ3n) is 3.49. The normalized spacial score (nSPS) is 11.0. The fourth-order valence-corrected chi connectivity index (χ4v) is 2.86. The van der Waals surface area contributed by atoms with Gasteiger partial charge in [0.05, 0.1) is 0 Å². The van der Waals surface area contributed by atoms with E-state index in [1.165, 1.54) is 0 Å². The number of amides is 1. The van der Waals surface area contributed by atoms with Crippen molar-refractivity contribution in [3.8, 4) is 0 Å². The minimum Gasteiger partial charge on any atom is -0.340 e. The summed E-state index contributed by atoms with van der Waals surface area (Å²) in [5.41, 5.74) is 7.48. The fraction of sp³-hybridized carbons (Fsp3) is 0.353. The highest BCUT2D eigenvalue weighted by Crippen LogP contribution is 2.21. The van der Waals surface area contributed by atoms with Gasteiger partial charge in [0.25, 0.3) is 5.91 Å². The van der Waals surface area contributed by atoms with E-state index >= 15 is 0 Å². The van der Waals surface area contributed by atoms with Gasteiger partial charge in [0, 0.05) is 36.3 Å². The van der Waals surface area contributed by atoms with Gasteiger partial charge in [-0.05, 0) is 41.4 Å². The first kappa shape index (κ1) is 16.8. The Hall–Kier alpha value is -1.59. The van der Waals surface area contributed by atoms with E-state index in [0.717, 1.165) is 10.0 Å². The van der Waals surface area contributed by atoms with Crippen molar-refractivity contribution in [3.63, 3.8) is 0 Å². The van der Waals surface area contributed by atoms with Crippen molar-refractivity contribution in [3.05, 3.63) is 58.3 Å². The van der Waals surface area contributed by atoms with Gasteiger partial charge in [-0.15, -0.1) is 0 Å². The van der Waals surface area contributed by atoms with Crippen molar-refractivity contribution >= 4 is 21.8 Å². The lowest BCUT2D eigenvalue weighted by molar-refractivity contribution is 0.0735. The molecule has 0 saturated heterocycles. The molecule has 2 N–H and O–H groups in total. The fourth-order valence-electron chi connectivity index (χ4n) is 2.42. The van der Waals surface area contributed by atoms with Crippen LogP contribution in [0.25, 0.3) is 0 Å². The lowest BCUT2D eigenvalue weighted by Gasteiger charge is -2.23. The maximum atomic E-state index is 12.9. The van der Waals surface area contributed by atoms with Gasteiger partial charge < -0.3 is 15.2 Å². The van der Waals surface area contributed by atoms with Gasteiger partial charge >= 0.3 is 0 Å². The Morgan fingerprint density at radius 2 is 2.00 bits per heavy atom. The quantitative estimate of drug-likeness (QED) is 0.854. The molecule has 4 nitrogen and oxygen atoms in total. The molecule has 0 bridgehead atoms. The summed E-state index contributed by atoms with van der Waals surface area (Å²) >= 11 is 3.46. The van der Waals surface area contributed by atoms with Gasteiger partial charge in [-0.2, -0.15) is 0 Å². The number of hydrogen-bond donors (Lipinski definition) is 1. The molecule has 0 aliphatic heterocycles. The molecule has 0 aliphatic carbocycles. The Morgan fingerprint density at radius 1 is 1.32 bits per heavy atom. The van der Waals surface area contributed by atoms with Crippen LogP contribution in [0.1, 0.15) is 35.9 Å². The van der Waals surface area contributed by atoms with Crippen LogP contribution in [0.15, 0.2) is 47.1 Å². The highest BCUT2D eigenvalue weighted by molar-refractivity contribution is 9.10. The number of halogens is 1. The first-order valence-electron chi connectivity index (χ1n) is 7.43. The SMILES string of the molecule is CC(C)n1cc(Br)cc1C(=O)N(CCN)Cc1ccccc1. The van der Waals surface area contributed by atoms with Crippen LogP contribution in [0, 0.1) is 0 Å². The molecule has 1 heterocycles. The van der Waals surface area contributed by atoms with E-state index in [1.807, 2.05) is 47.2 Å². The third kappa shape index (κ3) is 3.99. The second kappa shape index (κ2) is 7.61. The summed E-state index contributed by atoms with van der Waals surface area (Å²) in [6.45, 7) is 5.68. The van der Waals surface area contributed by atoms with Crippen LogP contribution in [-0.2, 0) is 6.54 Å². The average molecular weight is 364 g/mol. The highest BCUT2D eigenvalue weighted by Gasteiger charge is 2.21. The Labute approximate surface area is 140 Å². The smallest absolute Gasteiger partial charge is 0.270 e. The number of hydrogen-bond acceptors (Lipinski definition) is 2. The van der Waals surface area contributed by atoms with E-state index in [9.17, 15) is 4.79 Å². The Balaban J connectivity index is 2.26. The van der Waals surface area contributed by atoms with E-state index in [0.29, 0.717) is 25.3 Å². The van der Waals surface area contributed by atoms with Gasteiger partial charge in [0.15, 0.2) is 0 Å². The van der Waals surface area contributed by atoms with Gasteiger partial charge in [-0.1, -0.05) is 30.3 Å². The molecule has 0 fully saturated rings. The summed E-state index contributed by atoms with van der Waals surface area (Å²) in [6.07, 6.45) is 1.95. The second-order valence-electron chi connectivity index (χ2n) is 5.55. The predicted molar refractivity (Wildman–Crippen MR) is 92.8 cm³/mol. The summed E-state index contributed by atoms with van der Waals surface area (Å²) in [4.78, 5) is 14.7. The van der Waals surface area contributed by atoms with Gasteiger partial charge in [0.2, 0.25) is 0 Å². The molecule has 22 heavy (non-hydrogen) atoms. The van der Waals surface area contributed by atoms with Crippen LogP contribution in [0.2, 0.25) is 0 Å². The van der Waals surface area contributed by atoms with Crippen molar-refractivity contribution < 1.29 is 4.79 Å². The molecule has 1 aromatic carbocycles. The lowest BCUT2D eigenvalue weighted by atomic mass is 10.2. The first-order chi connectivity index (χ1) is 10.5. The number of benzene rings is 1. The first-order valence-corrected chi connectivity index (χ1v) is 8.23. The van der Waals surface area contributed by atoms with E-state index in [1.54, 1.807) is 4.90 Å². The third-order valence-corrected chi connectivity index (χ3v) is 3.93. The molecule has 1 amide bonds. The summed E-state index contributed by atoms with van der Waals surface area (Å²) in [7, 11) is 0. The minimum absolute atomic E-state index is 0.00806. The van der Waals surface area contributed by atoms with Crippen LogP contribution in [0.5, 0.6) is 0 Å². The lowest BCUT2D eigenvalue weighted by Crippen LogP contribution is -2.36. The van der Waals surface area contributed by atoms with Crippen molar-refractivity contribution in [2.45, 2.75) is 26.4 Å². The molecular weight excluding hydrogens is 342 g/mol. The zero-order valence-corrected chi connectivity index (χ0v) is 14.6. The van der Waals surface area contributed by atoms with E-state index < -0.39 is 0 Å². The number of carbonyl (C=O) groups excluding carboxylic acids is 1. The standard InChI is InChI=1S/C17H22BrN3O/c1-13(2)21-12-15(18)10-16(21)17(22)20(9-8-19)11-14-6-4-3-5-7-14/h3-7,10,12-13H,8-9,11,19H2,1-2H3. The van der Waals surface area contributed by atoms with Crippen LogP contribution in [0.4, 0.5) is 0 Å². The Morgan fingerprint density at radius 3 is 2.59 bits per heavy atom. The molecular formula is C17H22BrN3O. The van der Waals surface area contributed by atoms with E-state index in [-0.39, 0.29) is 11.9 Å². The van der Waals surface area contributed by atoms with E-state index in [4.69, 9.17) is 5.73 Å². The molecule has 0 atom stereocenters. The number of aromatic nitrogens is 1. The highest BCUT2D eigenvalue weighted by atomic mass is 79.9. The monoisotopic (exact) mass is 363 g/mol. The molecule has 0 saturated carbocycles. The summed E-state index contributed by atoms with van der Waals surface area (Å²) in [6, 6.07) is 12.1. The van der Waals surface area contributed by atoms with Gasteiger partial charge in [-0.25, -0.2) is 0 Å². The van der Waals surface area contributed by atoms with Crippen LogP contribution in [0.3, 0.4) is 0 Å². The van der Waals surface area contributed by atoms with Crippen molar-refractivity contribution in [2.24, 2.45) is 5.73 Å². The van der Waals surface area contributed by atoms with Crippen molar-refractivity contribution in [1.29, 1.82) is 0 Å². The number of carbonyl (C=O) groups is 1. The van der Waals surface area contributed by atoms with Crippen LogP contribution in [-0.4, -0.2) is 28.5 Å². The number of nitrogens with zero attached hydrogens (tertiary/aromatic N) is 2. The Bertz CT molecular complexity index is 622. The number of rotatable bonds is 6.